The number of amides is 4. The number of rotatable bonds is 7. The third kappa shape index (κ3) is 3.95. The normalized spacial score (nSPS) is 26.5. The molecule has 0 unspecified atom stereocenters. The molecule has 1 aromatic carbocycles. The van der Waals surface area contributed by atoms with Crippen LogP contribution in [-0.2, 0) is 25.0 Å². The van der Waals surface area contributed by atoms with E-state index >= 15 is 0 Å². The fourth-order valence-electron chi connectivity index (χ4n) is 4.35. The van der Waals surface area contributed by atoms with Gasteiger partial charge in [0, 0.05) is 12.1 Å². The molecule has 0 aromatic heterocycles. The Morgan fingerprint density at radius 3 is 2.47 bits per heavy atom. The quantitative estimate of drug-likeness (QED) is 0.656. The van der Waals surface area contributed by atoms with Gasteiger partial charge in [0.15, 0.2) is 9.84 Å². The molecule has 0 spiro atoms. The summed E-state index contributed by atoms with van der Waals surface area (Å²) in [4.78, 5) is 41.6. The minimum absolute atomic E-state index is 0.0496. The number of sulfone groups is 1. The number of hydrogen-bond acceptors (Lipinski definition) is 5. The Bertz CT molecular complexity index is 933. The Morgan fingerprint density at radius 1 is 1.27 bits per heavy atom. The Balaban J connectivity index is 1.84. The minimum Gasteiger partial charge on any atom is -0.334 e. The van der Waals surface area contributed by atoms with Gasteiger partial charge in [-0.25, -0.2) is 13.2 Å². The zero-order valence-corrected chi connectivity index (χ0v) is 18.4. The van der Waals surface area contributed by atoms with E-state index in [4.69, 9.17) is 0 Å². The monoisotopic (exact) mass is 435 g/mol. The average molecular weight is 436 g/mol. The van der Waals surface area contributed by atoms with Crippen LogP contribution in [0.15, 0.2) is 30.3 Å². The highest BCUT2D eigenvalue weighted by molar-refractivity contribution is 7.91. The Kier molecular flexibility index (Phi) is 6.21. The number of carbonyl (C=O) groups is 3. The van der Waals surface area contributed by atoms with Crippen molar-refractivity contribution < 1.29 is 22.8 Å². The first-order valence-electron chi connectivity index (χ1n) is 10.4. The van der Waals surface area contributed by atoms with Crippen molar-refractivity contribution in [1.82, 2.24) is 15.1 Å². The van der Waals surface area contributed by atoms with Crippen molar-refractivity contribution in [2.75, 3.05) is 18.1 Å². The highest BCUT2D eigenvalue weighted by atomic mass is 32.2. The lowest BCUT2D eigenvalue weighted by atomic mass is 9.87. The van der Waals surface area contributed by atoms with Crippen LogP contribution in [0.5, 0.6) is 0 Å². The van der Waals surface area contributed by atoms with Crippen molar-refractivity contribution in [1.29, 1.82) is 0 Å². The molecule has 0 bridgehead atoms. The summed E-state index contributed by atoms with van der Waals surface area (Å²) in [6.07, 6.45) is 1.37. The first-order valence-corrected chi connectivity index (χ1v) is 12.2. The third-order valence-electron chi connectivity index (χ3n) is 6.22. The highest BCUT2D eigenvalue weighted by Crippen LogP contribution is 2.32. The van der Waals surface area contributed by atoms with Gasteiger partial charge in [-0.15, -0.1) is 0 Å². The molecule has 4 amide bonds. The van der Waals surface area contributed by atoms with Crippen LogP contribution in [0.2, 0.25) is 0 Å². The number of urea groups is 1. The first-order chi connectivity index (χ1) is 14.1. The molecule has 8 nitrogen and oxygen atoms in total. The van der Waals surface area contributed by atoms with Crippen molar-refractivity contribution in [2.24, 2.45) is 0 Å². The lowest BCUT2D eigenvalue weighted by molar-refractivity contribution is -0.141. The van der Waals surface area contributed by atoms with E-state index in [1.165, 1.54) is 0 Å². The number of carbonyl (C=O) groups excluding carboxylic acids is 3. The Labute approximate surface area is 177 Å². The lowest BCUT2D eigenvalue weighted by Crippen LogP contribution is -2.51. The van der Waals surface area contributed by atoms with Gasteiger partial charge in [-0.3, -0.25) is 14.5 Å². The van der Waals surface area contributed by atoms with Gasteiger partial charge in [0.2, 0.25) is 5.91 Å². The third-order valence-corrected chi connectivity index (χ3v) is 7.97. The highest BCUT2D eigenvalue weighted by Gasteiger charge is 2.52. The van der Waals surface area contributed by atoms with E-state index in [1.807, 2.05) is 26.8 Å². The summed E-state index contributed by atoms with van der Waals surface area (Å²) in [5.41, 5.74) is -0.530. The number of nitrogens with one attached hydrogen (secondary N) is 1. The number of nitrogens with zero attached hydrogens (tertiary/aromatic N) is 2. The van der Waals surface area contributed by atoms with Crippen LogP contribution in [0.4, 0.5) is 4.79 Å². The van der Waals surface area contributed by atoms with E-state index < -0.39 is 45.8 Å². The van der Waals surface area contributed by atoms with Crippen LogP contribution < -0.4 is 5.32 Å². The summed E-state index contributed by atoms with van der Waals surface area (Å²) in [5.74, 6) is -0.896. The Hall–Kier alpha value is -2.42. The molecule has 2 aliphatic rings. The smallest absolute Gasteiger partial charge is 0.325 e. The zero-order valence-electron chi connectivity index (χ0n) is 17.6. The summed E-state index contributed by atoms with van der Waals surface area (Å²) in [7, 11) is -3.18. The fourth-order valence-corrected chi connectivity index (χ4v) is 6.06. The molecule has 30 heavy (non-hydrogen) atoms. The molecule has 2 fully saturated rings. The summed E-state index contributed by atoms with van der Waals surface area (Å²) < 4.78 is 23.9. The SMILES string of the molecule is CC[C@H](C)N(C(=O)CN1C(=O)N[C@@](CC)(c2ccccc2)C1=O)[C@H]1CCS(=O)(=O)C1. The van der Waals surface area contributed by atoms with E-state index in [0.29, 0.717) is 24.8 Å². The lowest BCUT2D eigenvalue weighted by Gasteiger charge is -2.34. The predicted molar refractivity (Wildman–Crippen MR) is 112 cm³/mol. The standard InChI is InChI=1S/C21H29N3O5S/c1-4-15(3)24(17-11-12-30(28,29)14-17)18(25)13-23-19(26)21(5-2,22-20(23)27)16-9-7-6-8-10-16/h6-10,15,17H,4-5,11-14H2,1-3H3,(H,22,27)/t15-,17-,21-/m0/s1. The van der Waals surface area contributed by atoms with Gasteiger partial charge in [0.1, 0.15) is 12.1 Å². The van der Waals surface area contributed by atoms with Gasteiger partial charge >= 0.3 is 6.03 Å². The number of imide groups is 1. The van der Waals surface area contributed by atoms with Gasteiger partial charge in [-0.05, 0) is 31.7 Å². The minimum atomic E-state index is -3.18. The van der Waals surface area contributed by atoms with Crippen molar-refractivity contribution in [3.05, 3.63) is 35.9 Å². The maximum Gasteiger partial charge on any atom is 0.325 e. The molecule has 2 aliphatic heterocycles. The van der Waals surface area contributed by atoms with Gasteiger partial charge in [-0.1, -0.05) is 44.2 Å². The molecule has 0 radical (unpaired) electrons. The van der Waals surface area contributed by atoms with E-state index in [9.17, 15) is 22.8 Å². The van der Waals surface area contributed by atoms with E-state index in [2.05, 4.69) is 5.32 Å². The van der Waals surface area contributed by atoms with Crippen molar-refractivity contribution >= 4 is 27.7 Å². The van der Waals surface area contributed by atoms with Crippen molar-refractivity contribution in [2.45, 2.75) is 57.7 Å². The summed E-state index contributed by atoms with van der Waals surface area (Å²) in [5, 5.41) is 2.77. The fraction of sp³-hybridized carbons (Fsp3) is 0.571. The zero-order chi connectivity index (χ0) is 22.1. The summed E-state index contributed by atoms with van der Waals surface area (Å²) in [6.45, 7) is 5.18. The largest absolute Gasteiger partial charge is 0.334 e. The molecule has 0 aliphatic carbocycles. The maximum atomic E-state index is 13.3. The average Bonchev–Trinajstić information content (AvgIpc) is 3.20. The van der Waals surface area contributed by atoms with Crippen LogP contribution in [0.3, 0.4) is 0 Å². The molecule has 164 valence electrons. The second-order valence-electron chi connectivity index (χ2n) is 8.06. The molecular formula is C21H29N3O5S. The molecule has 2 saturated heterocycles. The molecule has 9 heteroatoms. The van der Waals surface area contributed by atoms with Crippen LogP contribution in [0.1, 0.15) is 45.6 Å². The van der Waals surface area contributed by atoms with Gasteiger partial charge in [-0.2, -0.15) is 0 Å². The number of benzene rings is 1. The van der Waals surface area contributed by atoms with Gasteiger partial charge in [0.25, 0.3) is 5.91 Å². The van der Waals surface area contributed by atoms with Crippen LogP contribution in [0, 0.1) is 0 Å². The topological polar surface area (TPSA) is 104 Å². The van der Waals surface area contributed by atoms with Gasteiger partial charge < -0.3 is 10.2 Å². The second kappa shape index (κ2) is 8.37. The molecule has 0 saturated carbocycles. The molecule has 1 aromatic rings. The molecule has 1 N–H and O–H groups in total. The van der Waals surface area contributed by atoms with Crippen LogP contribution in [-0.4, -0.2) is 66.2 Å². The second-order valence-corrected chi connectivity index (χ2v) is 10.3. The maximum absolute atomic E-state index is 13.3. The first kappa shape index (κ1) is 22.3. The number of hydrogen-bond donors (Lipinski definition) is 1. The van der Waals surface area contributed by atoms with Crippen LogP contribution in [0.25, 0.3) is 0 Å². The van der Waals surface area contributed by atoms with Crippen LogP contribution >= 0.6 is 0 Å². The Morgan fingerprint density at radius 2 is 1.93 bits per heavy atom. The van der Waals surface area contributed by atoms with Crippen molar-refractivity contribution in [3.8, 4) is 0 Å². The molecular weight excluding hydrogens is 406 g/mol. The molecule has 3 rings (SSSR count). The van der Waals surface area contributed by atoms with E-state index in [0.717, 1.165) is 4.90 Å². The predicted octanol–water partition coefficient (Wildman–Crippen LogP) is 1.66. The van der Waals surface area contributed by atoms with E-state index in [1.54, 1.807) is 29.2 Å². The van der Waals surface area contributed by atoms with Gasteiger partial charge in [0.05, 0.1) is 11.5 Å². The van der Waals surface area contributed by atoms with Crippen molar-refractivity contribution in [3.63, 3.8) is 0 Å². The summed E-state index contributed by atoms with van der Waals surface area (Å²) in [6, 6.07) is 7.75. The summed E-state index contributed by atoms with van der Waals surface area (Å²) >= 11 is 0. The van der Waals surface area contributed by atoms with E-state index in [-0.39, 0.29) is 17.5 Å². The molecule has 2 heterocycles. The molecule has 3 atom stereocenters.